The number of ether oxygens (including phenoxy) is 1. The van der Waals surface area contributed by atoms with Crippen LogP contribution >= 0.6 is 10.6 Å². The molecule has 1 atom stereocenters. The molecule has 3 N–H and O–H groups in total. The minimum atomic E-state index is -2.39. The van der Waals surface area contributed by atoms with E-state index in [1.807, 2.05) is 0 Å². The van der Waals surface area contributed by atoms with Crippen LogP contribution < -0.4 is 15.1 Å². The topological polar surface area (TPSA) is 102 Å². The highest BCUT2D eigenvalue weighted by Gasteiger charge is 2.40. The third kappa shape index (κ3) is 4.73. The fraction of sp³-hybridized carbons (Fsp3) is 0.600. The smallest absolute Gasteiger partial charge is 0.414 e. The van der Waals surface area contributed by atoms with Gasteiger partial charge in [-0.05, 0) is 24.7 Å². The van der Waals surface area contributed by atoms with Gasteiger partial charge in [-0.1, -0.05) is 0 Å². The maximum atomic E-state index is 14.9. The second-order valence-corrected chi connectivity index (χ2v) is 10.8. The highest BCUT2D eigenvalue weighted by Crippen LogP contribution is 2.55. The molecule has 0 radical (unpaired) electrons. The summed E-state index contributed by atoms with van der Waals surface area (Å²) in [5, 5.41) is 2.56. The second-order valence-electron chi connectivity index (χ2n) is 8.53. The zero-order chi connectivity index (χ0) is 22.3. The van der Waals surface area contributed by atoms with Crippen LogP contribution in [0.5, 0.6) is 0 Å². The molecule has 172 valence electrons. The van der Waals surface area contributed by atoms with E-state index in [4.69, 9.17) is 4.74 Å². The molecule has 0 aliphatic carbocycles. The molecular weight excluding hydrogens is 432 g/mol. The highest BCUT2D eigenvalue weighted by atomic mass is 32.3. The highest BCUT2D eigenvalue weighted by molar-refractivity contribution is 8.25. The monoisotopic (exact) mass is 459 g/mol. The van der Waals surface area contributed by atoms with Crippen LogP contribution in [0.4, 0.5) is 25.0 Å². The first kappa shape index (κ1) is 22.1. The van der Waals surface area contributed by atoms with Gasteiger partial charge in [-0.15, -0.1) is 0 Å². The summed E-state index contributed by atoms with van der Waals surface area (Å²) in [5.41, 5.74) is -0.0360. The van der Waals surface area contributed by atoms with Gasteiger partial charge >= 0.3 is 6.09 Å². The van der Waals surface area contributed by atoms with Crippen LogP contribution in [-0.2, 0) is 9.53 Å². The lowest BCUT2D eigenvalue weighted by molar-refractivity contribution is -0.119. The Balaban J connectivity index is 1.40. The van der Waals surface area contributed by atoms with E-state index in [2.05, 4.69) is 5.32 Å². The molecule has 3 aliphatic rings. The van der Waals surface area contributed by atoms with Gasteiger partial charge in [0.1, 0.15) is 11.8 Å². The number of hydrogen-bond donors (Lipinski definition) is 3. The van der Waals surface area contributed by atoms with Crippen molar-refractivity contribution in [3.05, 3.63) is 23.8 Å². The maximum Gasteiger partial charge on any atom is 0.414 e. The summed E-state index contributed by atoms with van der Waals surface area (Å²) in [4.78, 5) is 26.0. The molecule has 0 aromatic heterocycles. The van der Waals surface area contributed by atoms with Gasteiger partial charge in [0.15, 0.2) is 11.6 Å². The summed E-state index contributed by atoms with van der Waals surface area (Å²) >= 11 is 0. The van der Waals surface area contributed by atoms with E-state index < -0.39 is 34.4 Å². The van der Waals surface area contributed by atoms with Crippen LogP contribution in [0.3, 0.4) is 0 Å². The Bertz CT molecular complexity index is 847. The number of nitrogens with zero attached hydrogens (tertiary/aromatic N) is 2. The van der Waals surface area contributed by atoms with Crippen LogP contribution in [0.1, 0.15) is 19.8 Å². The molecule has 4 rings (SSSR count). The number of anilines is 2. The first-order valence-electron chi connectivity index (χ1n) is 10.3. The van der Waals surface area contributed by atoms with Gasteiger partial charge in [0.25, 0.3) is 0 Å². The van der Waals surface area contributed by atoms with Gasteiger partial charge in [-0.25, -0.2) is 13.6 Å². The molecule has 8 nitrogen and oxygen atoms in total. The number of rotatable bonds is 5. The van der Waals surface area contributed by atoms with Gasteiger partial charge < -0.3 is 15.0 Å². The molecule has 1 unspecified atom stereocenters. The Hall–Kier alpha value is -2.11. The Morgan fingerprint density at radius 1 is 1.19 bits per heavy atom. The van der Waals surface area contributed by atoms with Crippen molar-refractivity contribution in [3.8, 4) is 0 Å². The van der Waals surface area contributed by atoms with Gasteiger partial charge in [-0.3, -0.25) is 18.8 Å². The van der Waals surface area contributed by atoms with E-state index in [1.54, 1.807) is 4.90 Å². The lowest BCUT2D eigenvalue weighted by atomic mass is 9.85. The Labute approximate surface area is 180 Å². The fourth-order valence-corrected chi connectivity index (χ4v) is 6.43. The standard InChI is InChI=1S/C20H27F2N3O5S/c1-12(26)23-8-16-9-25(20(27)30-16)15-6-17(21)19(18(22)7-15)24-4-2-13(3-5-24)14-10-31(28,29)11-14/h6-7,13-14,16,28-29H,2-5,8-11H2,1H3,(H,23,26). The van der Waals surface area contributed by atoms with Crippen LogP contribution in [-0.4, -0.2) is 64.9 Å². The van der Waals surface area contributed by atoms with Crippen molar-refractivity contribution >= 4 is 34.0 Å². The number of carbonyl (C=O) groups is 2. The van der Waals surface area contributed by atoms with Gasteiger partial charge in [0.05, 0.1) is 18.8 Å². The number of cyclic esters (lactones) is 1. The van der Waals surface area contributed by atoms with Crippen LogP contribution in [0.2, 0.25) is 0 Å². The molecular formula is C20H27F2N3O5S. The molecule has 31 heavy (non-hydrogen) atoms. The lowest BCUT2D eigenvalue weighted by Crippen LogP contribution is -2.44. The van der Waals surface area contributed by atoms with Gasteiger partial charge in [0.2, 0.25) is 5.91 Å². The second kappa shape index (κ2) is 8.44. The summed E-state index contributed by atoms with van der Waals surface area (Å²) < 4.78 is 54.1. The number of amides is 2. The van der Waals surface area contributed by atoms with E-state index in [1.165, 1.54) is 6.92 Å². The minimum absolute atomic E-state index is 0.0728. The molecule has 3 heterocycles. The first-order chi connectivity index (χ1) is 14.6. The van der Waals surface area contributed by atoms with Crippen LogP contribution in [0.25, 0.3) is 0 Å². The quantitative estimate of drug-likeness (QED) is 0.626. The molecule has 11 heteroatoms. The zero-order valence-corrected chi connectivity index (χ0v) is 18.0. The number of carbonyl (C=O) groups excluding carboxylic acids is 2. The SMILES string of the molecule is CC(=O)NCC1CN(c2cc(F)c(N3CCC(C4CS(O)(O)C4)CC3)c(F)c2)C(=O)O1. The molecule has 3 saturated heterocycles. The summed E-state index contributed by atoms with van der Waals surface area (Å²) in [6, 6.07) is 2.27. The fourth-order valence-electron chi connectivity index (χ4n) is 4.61. The van der Waals surface area contributed by atoms with Crippen molar-refractivity contribution < 1.29 is 32.2 Å². The first-order valence-corrected chi connectivity index (χ1v) is 12.2. The largest absolute Gasteiger partial charge is 0.442 e. The van der Waals surface area contributed by atoms with Crippen molar-refractivity contribution in [2.75, 3.05) is 47.5 Å². The predicted octanol–water partition coefficient (Wildman–Crippen LogP) is 3.02. The summed E-state index contributed by atoms with van der Waals surface area (Å²) in [7, 11) is -2.39. The Morgan fingerprint density at radius 3 is 2.35 bits per heavy atom. The predicted molar refractivity (Wildman–Crippen MR) is 114 cm³/mol. The summed E-state index contributed by atoms with van der Waals surface area (Å²) in [6.45, 7) is 2.53. The number of benzene rings is 1. The molecule has 0 saturated carbocycles. The number of nitrogens with one attached hydrogen (secondary N) is 1. The Morgan fingerprint density at radius 2 is 1.81 bits per heavy atom. The van der Waals surface area contributed by atoms with Crippen molar-refractivity contribution in [2.24, 2.45) is 11.8 Å². The van der Waals surface area contributed by atoms with E-state index in [0.29, 0.717) is 30.5 Å². The number of piperidine rings is 1. The third-order valence-electron chi connectivity index (χ3n) is 6.25. The van der Waals surface area contributed by atoms with Crippen molar-refractivity contribution in [1.29, 1.82) is 0 Å². The van der Waals surface area contributed by atoms with Crippen molar-refractivity contribution in [1.82, 2.24) is 5.32 Å². The van der Waals surface area contributed by atoms with Crippen LogP contribution in [0.15, 0.2) is 12.1 Å². The van der Waals surface area contributed by atoms with Crippen LogP contribution in [0, 0.1) is 23.5 Å². The van der Waals surface area contributed by atoms with Crippen molar-refractivity contribution in [2.45, 2.75) is 25.9 Å². The summed E-state index contributed by atoms with van der Waals surface area (Å²) in [6.07, 6.45) is 0.175. The third-order valence-corrected chi connectivity index (χ3v) is 8.17. The molecule has 3 fully saturated rings. The van der Waals surface area contributed by atoms with E-state index in [-0.39, 0.29) is 36.3 Å². The molecule has 1 aromatic carbocycles. The zero-order valence-electron chi connectivity index (χ0n) is 17.2. The van der Waals surface area contributed by atoms with Gasteiger partial charge in [0, 0.05) is 43.7 Å². The lowest BCUT2D eigenvalue weighted by Gasteiger charge is -2.51. The molecule has 2 amide bonds. The average molecular weight is 460 g/mol. The maximum absolute atomic E-state index is 14.9. The molecule has 0 spiro atoms. The molecule has 1 aromatic rings. The Kier molecular flexibility index (Phi) is 6.01. The molecule has 3 aliphatic heterocycles. The van der Waals surface area contributed by atoms with E-state index >= 15 is 0 Å². The van der Waals surface area contributed by atoms with E-state index in [0.717, 1.165) is 29.9 Å². The summed E-state index contributed by atoms with van der Waals surface area (Å²) in [5.74, 6) is -0.273. The minimum Gasteiger partial charge on any atom is -0.442 e. The number of halogens is 2. The normalized spacial score (nSPS) is 25.2. The van der Waals surface area contributed by atoms with Gasteiger partial charge in [-0.2, -0.15) is 10.6 Å². The van der Waals surface area contributed by atoms with Crippen molar-refractivity contribution in [3.63, 3.8) is 0 Å². The van der Waals surface area contributed by atoms with E-state index in [9.17, 15) is 27.5 Å². The average Bonchev–Trinajstić information content (AvgIpc) is 3.05. The molecule has 0 bridgehead atoms. The number of hydrogen-bond acceptors (Lipinski definition) is 6.